The Hall–Kier alpha value is -1.05. The van der Waals surface area contributed by atoms with E-state index in [4.69, 9.17) is 5.73 Å². The predicted octanol–water partition coefficient (Wildman–Crippen LogP) is 1.40. The standard InChI is InChI=1S/C9H12N2/c1-6-4-7-2-3-11-9(10)8(7)5-6/h2-3,6H,4-5H2,1H3,(H2,10,11). The molecule has 1 aromatic rings. The van der Waals surface area contributed by atoms with Gasteiger partial charge in [0, 0.05) is 6.20 Å². The van der Waals surface area contributed by atoms with E-state index in [-0.39, 0.29) is 0 Å². The minimum absolute atomic E-state index is 0.729. The zero-order valence-corrected chi connectivity index (χ0v) is 6.67. The van der Waals surface area contributed by atoms with E-state index in [0.717, 1.165) is 18.2 Å². The lowest BCUT2D eigenvalue weighted by molar-refractivity contribution is 0.628. The lowest BCUT2D eigenvalue weighted by Crippen LogP contribution is -1.96. The average Bonchev–Trinajstić information content (AvgIpc) is 2.31. The molecule has 0 aromatic carbocycles. The zero-order valence-electron chi connectivity index (χ0n) is 6.67. The van der Waals surface area contributed by atoms with Gasteiger partial charge in [0.05, 0.1) is 0 Å². The molecule has 0 saturated heterocycles. The van der Waals surface area contributed by atoms with E-state index >= 15 is 0 Å². The minimum Gasteiger partial charge on any atom is -0.383 e. The van der Waals surface area contributed by atoms with Gasteiger partial charge in [0.1, 0.15) is 5.82 Å². The van der Waals surface area contributed by atoms with Crippen LogP contribution in [0.5, 0.6) is 0 Å². The first-order valence-corrected chi connectivity index (χ1v) is 3.99. The van der Waals surface area contributed by atoms with Crippen LogP contribution in [-0.2, 0) is 12.8 Å². The maximum Gasteiger partial charge on any atom is 0.126 e. The van der Waals surface area contributed by atoms with Crippen LogP contribution in [0.3, 0.4) is 0 Å². The number of hydrogen-bond donors (Lipinski definition) is 1. The van der Waals surface area contributed by atoms with E-state index in [1.165, 1.54) is 17.5 Å². The maximum atomic E-state index is 5.72. The Morgan fingerprint density at radius 3 is 3.09 bits per heavy atom. The molecule has 0 bridgehead atoms. The molecule has 2 N–H and O–H groups in total. The van der Waals surface area contributed by atoms with E-state index < -0.39 is 0 Å². The molecule has 1 unspecified atom stereocenters. The third kappa shape index (κ3) is 0.985. The number of rotatable bonds is 0. The van der Waals surface area contributed by atoms with Crippen LogP contribution in [0.2, 0.25) is 0 Å². The third-order valence-corrected chi connectivity index (χ3v) is 2.31. The predicted molar refractivity (Wildman–Crippen MR) is 45.2 cm³/mol. The highest BCUT2D eigenvalue weighted by Gasteiger charge is 2.19. The molecule has 0 radical (unpaired) electrons. The van der Waals surface area contributed by atoms with Gasteiger partial charge in [-0.15, -0.1) is 0 Å². The van der Waals surface area contributed by atoms with Gasteiger partial charge in [-0.05, 0) is 36.0 Å². The fourth-order valence-corrected chi connectivity index (χ4v) is 1.77. The van der Waals surface area contributed by atoms with E-state index in [1.807, 2.05) is 0 Å². The Labute approximate surface area is 66.4 Å². The monoisotopic (exact) mass is 148 g/mol. The zero-order chi connectivity index (χ0) is 7.84. The van der Waals surface area contributed by atoms with Gasteiger partial charge < -0.3 is 5.73 Å². The number of aromatic nitrogens is 1. The summed E-state index contributed by atoms with van der Waals surface area (Å²) in [6.45, 7) is 2.25. The summed E-state index contributed by atoms with van der Waals surface area (Å²) in [4.78, 5) is 4.06. The summed E-state index contributed by atoms with van der Waals surface area (Å²) in [6.07, 6.45) is 4.07. The highest BCUT2D eigenvalue weighted by molar-refractivity contribution is 5.47. The van der Waals surface area contributed by atoms with Crippen molar-refractivity contribution in [2.75, 3.05) is 5.73 Å². The summed E-state index contributed by atoms with van der Waals surface area (Å²) < 4.78 is 0. The Bertz CT molecular complexity index is 281. The second-order valence-corrected chi connectivity index (χ2v) is 3.35. The first kappa shape index (κ1) is 6.65. The highest BCUT2D eigenvalue weighted by atomic mass is 14.8. The molecule has 0 saturated carbocycles. The number of hydrogen-bond acceptors (Lipinski definition) is 2. The van der Waals surface area contributed by atoms with Crippen molar-refractivity contribution >= 4 is 5.82 Å². The molecule has 2 heteroatoms. The first-order chi connectivity index (χ1) is 5.27. The van der Waals surface area contributed by atoms with Crippen LogP contribution in [0.4, 0.5) is 5.82 Å². The van der Waals surface area contributed by atoms with Gasteiger partial charge in [-0.3, -0.25) is 0 Å². The lowest BCUT2D eigenvalue weighted by atomic mass is 10.1. The van der Waals surface area contributed by atoms with Gasteiger partial charge in [0.2, 0.25) is 0 Å². The second-order valence-electron chi connectivity index (χ2n) is 3.35. The van der Waals surface area contributed by atoms with Crippen LogP contribution >= 0.6 is 0 Å². The molecule has 1 aliphatic rings. The number of nitrogens with two attached hydrogens (primary N) is 1. The van der Waals surface area contributed by atoms with E-state index in [0.29, 0.717) is 0 Å². The molecule has 58 valence electrons. The molecule has 0 amide bonds. The summed E-state index contributed by atoms with van der Waals surface area (Å²) >= 11 is 0. The van der Waals surface area contributed by atoms with Gasteiger partial charge in [0.25, 0.3) is 0 Å². The smallest absolute Gasteiger partial charge is 0.126 e. The van der Waals surface area contributed by atoms with Crippen molar-refractivity contribution in [3.05, 3.63) is 23.4 Å². The number of pyridine rings is 1. The number of fused-ring (bicyclic) bond motifs is 1. The summed E-state index contributed by atoms with van der Waals surface area (Å²) in [5.74, 6) is 1.48. The highest BCUT2D eigenvalue weighted by Crippen LogP contribution is 2.28. The van der Waals surface area contributed by atoms with Crippen LogP contribution in [0.25, 0.3) is 0 Å². The van der Waals surface area contributed by atoms with Crippen LogP contribution in [-0.4, -0.2) is 4.98 Å². The first-order valence-electron chi connectivity index (χ1n) is 3.99. The van der Waals surface area contributed by atoms with Crippen molar-refractivity contribution in [1.82, 2.24) is 4.98 Å². The van der Waals surface area contributed by atoms with Crippen LogP contribution < -0.4 is 5.73 Å². The summed E-state index contributed by atoms with van der Waals surface area (Å²) in [5.41, 5.74) is 8.39. The molecule has 0 spiro atoms. The Balaban J connectivity index is 2.49. The summed E-state index contributed by atoms with van der Waals surface area (Å²) in [5, 5.41) is 0. The van der Waals surface area contributed by atoms with Crippen molar-refractivity contribution in [2.24, 2.45) is 5.92 Å². The third-order valence-electron chi connectivity index (χ3n) is 2.31. The maximum absolute atomic E-state index is 5.72. The largest absolute Gasteiger partial charge is 0.383 e. The van der Waals surface area contributed by atoms with Gasteiger partial charge in [0.15, 0.2) is 0 Å². The number of nitrogen functional groups attached to an aromatic ring is 1. The average molecular weight is 148 g/mol. The molecule has 2 rings (SSSR count). The minimum atomic E-state index is 0.729. The molecule has 1 atom stereocenters. The van der Waals surface area contributed by atoms with Gasteiger partial charge in [-0.1, -0.05) is 6.92 Å². The van der Waals surface area contributed by atoms with Crippen LogP contribution in [0, 0.1) is 5.92 Å². The normalized spacial score (nSPS) is 21.7. The Kier molecular flexibility index (Phi) is 1.34. The van der Waals surface area contributed by atoms with E-state index in [9.17, 15) is 0 Å². The van der Waals surface area contributed by atoms with Crippen molar-refractivity contribution in [1.29, 1.82) is 0 Å². The number of anilines is 1. The fraction of sp³-hybridized carbons (Fsp3) is 0.444. The fourth-order valence-electron chi connectivity index (χ4n) is 1.77. The topological polar surface area (TPSA) is 38.9 Å². The molecule has 1 heterocycles. The van der Waals surface area contributed by atoms with Crippen molar-refractivity contribution in [3.63, 3.8) is 0 Å². The molecule has 1 aliphatic carbocycles. The van der Waals surface area contributed by atoms with E-state index in [2.05, 4.69) is 18.0 Å². The molecule has 11 heavy (non-hydrogen) atoms. The molecule has 0 aliphatic heterocycles. The summed E-state index contributed by atoms with van der Waals surface area (Å²) in [6, 6.07) is 2.08. The molecular formula is C9H12N2. The van der Waals surface area contributed by atoms with Gasteiger partial charge in [-0.2, -0.15) is 0 Å². The van der Waals surface area contributed by atoms with E-state index in [1.54, 1.807) is 6.20 Å². The Morgan fingerprint density at radius 2 is 2.36 bits per heavy atom. The number of nitrogens with zero attached hydrogens (tertiary/aromatic N) is 1. The van der Waals surface area contributed by atoms with Crippen molar-refractivity contribution in [2.45, 2.75) is 19.8 Å². The summed E-state index contributed by atoms with van der Waals surface area (Å²) in [7, 11) is 0. The van der Waals surface area contributed by atoms with Gasteiger partial charge in [-0.25, -0.2) is 4.98 Å². The quantitative estimate of drug-likeness (QED) is 0.604. The molecule has 2 nitrogen and oxygen atoms in total. The Morgan fingerprint density at radius 1 is 1.55 bits per heavy atom. The van der Waals surface area contributed by atoms with Crippen molar-refractivity contribution in [3.8, 4) is 0 Å². The molecule has 0 fully saturated rings. The molecular weight excluding hydrogens is 136 g/mol. The van der Waals surface area contributed by atoms with Gasteiger partial charge >= 0.3 is 0 Å². The van der Waals surface area contributed by atoms with Crippen LogP contribution in [0.15, 0.2) is 12.3 Å². The van der Waals surface area contributed by atoms with Crippen molar-refractivity contribution < 1.29 is 0 Å². The SMILES string of the molecule is CC1Cc2ccnc(N)c2C1. The lowest BCUT2D eigenvalue weighted by Gasteiger charge is -1.99. The van der Waals surface area contributed by atoms with Crippen LogP contribution in [0.1, 0.15) is 18.1 Å². The molecule has 1 aromatic heterocycles. The second kappa shape index (κ2) is 2.22.